The Morgan fingerprint density at radius 2 is 1.97 bits per heavy atom. The number of carbonyl (C=O) groups is 1. The normalized spacial score (nSPS) is 19.5. The number of nitrogens with one attached hydrogen (secondary N) is 1. The Kier molecular flexibility index (Phi) is 6.52. The minimum Gasteiger partial charge on any atom is -0.372 e. The van der Waals surface area contributed by atoms with Gasteiger partial charge in [0.2, 0.25) is 5.91 Å². The topological polar surface area (TPSA) is 54.5 Å². The molecule has 6 heteroatoms. The zero-order chi connectivity index (χ0) is 21.1. The summed E-state index contributed by atoms with van der Waals surface area (Å²) in [5.41, 5.74) is 3.66. The molecule has 29 heavy (non-hydrogen) atoms. The molecule has 1 aliphatic rings. The second-order valence-corrected chi connectivity index (χ2v) is 8.18. The van der Waals surface area contributed by atoms with E-state index in [-0.39, 0.29) is 36.4 Å². The van der Waals surface area contributed by atoms with Crippen molar-refractivity contribution in [3.63, 3.8) is 0 Å². The van der Waals surface area contributed by atoms with Gasteiger partial charge in [0, 0.05) is 48.7 Å². The molecule has 0 bridgehead atoms. The molecule has 0 spiro atoms. The molecule has 1 aliphatic heterocycles. The van der Waals surface area contributed by atoms with Crippen molar-refractivity contribution in [2.75, 3.05) is 18.0 Å². The van der Waals surface area contributed by atoms with E-state index in [9.17, 15) is 4.79 Å². The Hall–Kier alpha value is -2.47. The van der Waals surface area contributed by atoms with Gasteiger partial charge in [0.05, 0.1) is 12.2 Å². The molecule has 1 aromatic heterocycles. The predicted molar refractivity (Wildman–Crippen MR) is 113 cm³/mol. The van der Waals surface area contributed by atoms with E-state index >= 15 is 4.39 Å². The lowest BCUT2D eigenvalue weighted by molar-refractivity contribution is -0.124. The van der Waals surface area contributed by atoms with E-state index in [2.05, 4.69) is 15.2 Å². The number of nitrogens with zero attached hydrogens (tertiary/aromatic N) is 2. The van der Waals surface area contributed by atoms with Crippen LogP contribution in [-0.2, 0) is 16.1 Å². The monoisotopic (exact) mass is 399 g/mol. The molecule has 0 radical (unpaired) electrons. The number of halogens is 1. The highest BCUT2D eigenvalue weighted by atomic mass is 19.1. The standard InChI is InChI=1S/C23H30FN3O2/c1-14(2)23(28)26-11-19-9-20(27-12-16(4)29-17(5)13-27)10-21(24)22(19)18-6-7-25-15(3)8-18/h6-10,14,16-17H,11-13H2,1-5H3,(H,26,28)/t16-,17+. The van der Waals surface area contributed by atoms with Crippen molar-refractivity contribution >= 4 is 11.6 Å². The zero-order valence-electron chi connectivity index (χ0n) is 17.8. The lowest BCUT2D eigenvalue weighted by Crippen LogP contribution is -2.45. The highest BCUT2D eigenvalue weighted by Gasteiger charge is 2.24. The summed E-state index contributed by atoms with van der Waals surface area (Å²) >= 11 is 0. The van der Waals surface area contributed by atoms with Gasteiger partial charge in [-0.05, 0) is 56.2 Å². The van der Waals surface area contributed by atoms with Gasteiger partial charge in [0.1, 0.15) is 5.82 Å². The van der Waals surface area contributed by atoms with Crippen LogP contribution in [-0.4, -0.2) is 36.2 Å². The van der Waals surface area contributed by atoms with Crippen molar-refractivity contribution in [2.45, 2.75) is 53.4 Å². The van der Waals surface area contributed by atoms with Crippen LogP contribution in [0.1, 0.15) is 39.0 Å². The maximum Gasteiger partial charge on any atom is 0.222 e. The number of rotatable bonds is 5. The maximum absolute atomic E-state index is 15.4. The van der Waals surface area contributed by atoms with Crippen LogP contribution in [0, 0.1) is 18.7 Å². The van der Waals surface area contributed by atoms with Crippen LogP contribution in [0.4, 0.5) is 10.1 Å². The number of hydrogen-bond acceptors (Lipinski definition) is 4. The molecule has 5 nitrogen and oxygen atoms in total. The lowest BCUT2D eigenvalue weighted by atomic mass is 9.97. The molecule has 0 unspecified atom stereocenters. The zero-order valence-corrected chi connectivity index (χ0v) is 17.8. The third-order valence-electron chi connectivity index (χ3n) is 5.10. The summed E-state index contributed by atoms with van der Waals surface area (Å²) in [6.07, 6.45) is 1.83. The third kappa shape index (κ3) is 5.12. The van der Waals surface area contributed by atoms with Crippen molar-refractivity contribution in [3.05, 3.63) is 47.5 Å². The van der Waals surface area contributed by atoms with Crippen LogP contribution in [0.2, 0.25) is 0 Å². The average Bonchev–Trinajstić information content (AvgIpc) is 2.64. The minimum atomic E-state index is -0.298. The molecule has 156 valence electrons. The molecule has 1 saturated heterocycles. The van der Waals surface area contributed by atoms with Gasteiger partial charge in [-0.2, -0.15) is 0 Å². The first-order valence-corrected chi connectivity index (χ1v) is 10.2. The number of carbonyl (C=O) groups excluding carboxylic acids is 1. The minimum absolute atomic E-state index is 0.0544. The Bertz CT molecular complexity index is 874. The summed E-state index contributed by atoms with van der Waals surface area (Å²) in [5, 5.41) is 2.93. The Labute approximate surface area is 172 Å². The van der Waals surface area contributed by atoms with Crippen molar-refractivity contribution in [1.82, 2.24) is 10.3 Å². The molecule has 2 aromatic rings. The number of anilines is 1. The van der Waals surface area contributed by atoms with E-state index in [0.717, 1.165) is 22.5 Å². The van der Waals surface area contributed by atoms with Gasteiger partial charge in [-0.3, -0.25) is 9.78 Å². The number of aromatic nitrogens is 1. The first-order valence-electron chi connectivity index (χ1n) is 10.2. The number of amides is 1. The predicted octanol–water partition coefficient (Wildman–Crippen LogP) is 4.08. The van der Waals surface area contributed by atoms with Crippen molar-refractivity contribution < 1.29 is 13.9 Å². The van der Waals surface area contributed by atoms with E-state index in [4.69, 9.17) is 4.74 Å². The van der Waals surface area contributed by atoms with Crippen molar-refractivity contribution in [1.29, 1.82) is 0 Å². The van der Waals surface area contributed by atoms with Gasteiger partial charge in [0.15, 0.2) is 0 Å². The second kappa shape index (κ2) is 8.91. The summed E-state index contributed by atoms with van der Waals surface area (Å²) in [7, 11) is 0. The summed E-state index contributed by atoms with van der Waals surface area (Å²) in [5.74, 6) is -0.481. The van der Waals surface area contributed by atoms with Crippen LogP contribution in [0.3, 0.4) is 0 Å². The molecule has 2 heterocycles. The lowest BCUT2D eigenvalue weighted by Gasteiger charge is -2.37. The van der Waals surface area contributed by atoms with Crippen LogP contribution < -0.4 is 10.2 Å². The number of benzene rings is 1. The fourth-order valence-corrected chi connectivity index (χ4v) is 3.77. The van der Waals surface area contributed by atoms with Crippen LogP contribution >= 0.6 is 0 Å². The summed E-state index contributed by atoms with van der Waals surface area (Å²) in [6.45, 7) is 11.3. The molecule has 0 saturated carbocycles. The number of ether oxygens (including phenoxy) is 1. The van der Waals surface area contributed by atoms with Gasteiger partial charge in [-0.15, -0.1) is 0 Å². The van der Waals surface area contributed by atoms with E-state index in [0.29, 0.717) is 18.7 Å². The SMILES string of the molecule is Cc1cc(-c2c(F)cc(N3C[C@@H](C)O[C@@H](C)C3)cc2CNC(=O)C(C)C)ccn1. The van der Waals surface area contributed by atoms with E-state index in [1.807, 2.05) is 46.8 Å². The van der Waals surface area contributed by atoms with E-state index in [1.165, 1.54) is 0 Å². The molecule has 2 atom stereocenters. The van der Waals surface area contributed by atoms with E-state index < -0.39 is 0 Å². The molecular weight excluding hydrogens is 369 g/mol. The molecule has 1 N–H and O–H groups in total. The Morgan fingerprint density at radius 3 is 2.59 bits per heavy atom. The number of hydrogen-bond donors (Lipinski definition) is 1. The quantitative estimate of drug-likeness (QED) is 0.823. The molecule has 1 amide bonds. The average molecular weight is 400 g/mol. The number of morpholine rings is 1. The number of aryl methyl sites for hydroxylation is 1. The first kappa shape index (κ1) is 21.2. The van der Waals surface area contributed by atoms with Gasteiger partial charge < -0.3 is 15.0 Å². The summed E-state index contributed by atoms with van der Waals surface area (Å²) in [6, 6.07) is 7.24. The Balaban J connectivity index is 2.02. The van der Waals surface area contributed by atoms with Crippen molar-refractivity contribution in [3.8, 4) is 11.1 Å². The third-order valence-corrected chi connectivity index (χ3v) is 5.10. The fraction of sp³-hybridized carbons (Fsp3) is 0.478. The van der Waals surface area contributed by atoms with E-state index in [1.54, 1.807) is 18.3 Å². The fourth-order valence-electron chi connectivity index (χ4n) is 3.77. The maximum atomic E-state index is 15.4. The molecular formula is C23H30FN3O2. The van der Waals surface area contributed by atoms with Gasteiger partial charge in [0.25, 0.3) is 0 Å². The van der Waals surface area contributed by atoms with Gasteiger partial charge in [-0.25, -0.2) is 4.39 Å². The highest BCUT2D eigenvalue weighted by molar-refractivity contribution is 5.79. The number of pyridine rings is 1. The summed E-state index contributed by atoms with van der Waals surface area (Å²) in [4.78, 5) is 18.5. The summed E-state index contributed by atoms with van der Waals surface area (Å²) < 4.78 is 21.2. The smallest absolute Gasteiger partial charge is 0.222 e. The molecule has 1 aromatic carbocycles. The first-order chi connectivity index (χ1) is 13.7. The molecule has 3 rings (SSSR count). The second-order valence-electron chi connectivity index (χ2n) is 8.18. The van der Waals surface area contributed by atoms with Crippen LogP contribution in [0.5, 0.6) is 0 Å². The largest absolute Gasteiger partial charge is 0.372 e. The van der Waals surface area contributed by atoms with Crippen molar-refractivity contribution in [2.24, 2.45) is 5.92 Å². The van der Waals surface area contributed by atoms with Gasteiger partial charge in [-0.1, -0.05) is 13.8 Å². The van der Waals surface area contributed by atoms with Crippen LogP contribution in [0.25, 0.3) is 11.1 Å². The molecule has 0 aliphatic carbocycles. The van der Waals surface area contributed by atoms with Gasteiger partial charge >= 0.3 is 0 Å². The molecule has 1 fully saturated rings. The highest BCUT2D eigenvalue weighted by Crippen LogP contribution is 2.32. The Morgan fingerprint density at radius 1 is 1.28 bits per heavy atom. The van der Waals surface area contributed by atoms with Crippen LogP contribution in [0.15, 0.2) is 30.5 Å².